The van der Waals surface area contributed by atoms with Crippen LogP contribution in [0.15, 0.2) is 42.5 Å². The number of rotatable bonds is 11. The third-order valence-electron chi connectivity index (χ3n) is 6.01. The second-order valence-corrected chi connectivity index (χ2v) is 8.29. The largest absolute Gasteiger partial charge is 0.493 e. The summed E-state index contributed by atoms with van der Waals surface area (Å²) in [6, 6.07) is 14.5. The summed E-state index contributed by atoms with van der Waals surface area (Å²) in [6.07, 6.45) is 3.11. The zero-order valence-electron chi connectivity index (χ0n) is 18.9. The molecule has 2 aromatic rings. The number of hydrogen-bond acceptors (Lipinski definition) is 5. The van der Waals surface area contributed by atoms with Gasteiger partial charge in [-0.05, 0) is 48.4 Å². The first-order valence-electron chi connectivity index (χ1n) is 11.0. The van der Waals surface area contributed by atoms with E-state index in [1.807, 2.05) is 12.1 Å². The summed E-state index contributed by atoms with van der Waals surface area (Å²) in [7, 11) is 4.77. The number of nitrogens with one attached hydrogen (secondary N) is 1. The Kier molecular flexibility index (Phi) is 9.00. The molecule has 6 nitrogen and oxygen atoms in total. The van der Waals surface area contributed by atoms with Gasteiger partial charge in [-0.25, -0.2) is 0 Å². The van der Waals surface area contributed by atoms with Gasteiger partial charge in [-0.1, -0.05) is 30.3 Å². The van der Waals surface area contributed by atoms with Crippen LogP contribution in [0.1, 0.15) is 24.0 Å². The Morgan fingerprint density at radius 3 is 2.16 bits per heavy atom. The van der Waals surface area contributed by atoms with Crippen molar-refractivity contribution in [3.05, 3.63) is 53.6 Å². The first-order chi connectivity index (χ1) is 15.1. The van der Waals surface area contributed by atoms with E-state index in [2.05, 4.69) is 30.3 Å². The molecule has 0 radical (unpaired) electrons. The lowest BCUT2D eigenvalue weighted by Crippen LogP contribution is -3.14. The van der Waals surface area contributed by atoms with Crippen LogP contribution in [0.4, 0.5) is 0 Å². The summed E-state index contributed by atoms with van der Waals surface area (Å²) >= 11 is 0. The lowest BCUT2D eigenvalue weighted by Gasteiger charge is -2.30. The number of hydrogen-bond donors (Lipinski definition) is 2. The fourth-order valence-corrected chi connectivity index (χ4v) is 4.37. The molecule has 1 atom stereocenters. The molecule has 170 valence electrons. The van der Waals surface area contributed by atoms with Crippen molar-refractivity contribution in [2.45, 2.75) is 32.0 Å². The summed E-state index contributed by atoms with van der Waals surface area (Å²) in [4.78, 5) is 1.47. The quantitative estimate of drug-likeness (QED) is 0.572. The van der Waals surface area contributed by atoms with Gasteiger partial charge < -0.3 is 29.0 Å². The van der Waals surface area contributed by atoms with Crippen molar-refractivity contribution in [1.29, 1.82) is 0 Å². The minimum Gasteiger partial charge on any atom is -0.493 e. The van der Waals surface area contributed by atoms with Gasteiger partial charge in [0.1, 0.15) is 12.6 Å². The van der Waals surface area contributed by atoms with E-state index in [0.29, 0.717) is 30.5 Å². The molecule has 0 aliphatic carbocycles. The molecule has 0 amide bonds. The van der Waals surface area contributed by atoms with Crippen LogP contribution in [0.5, 0.6) is 17.2 Å². The summed E-state index contributed by atoms with van der Waals surface area (Å²) in [6.45, 7) is 3.64. The highest BCUT2D eigenvalue weighted by Gasteiger charge is 2.24. The van der Waals surface area contributed by atoms with Gasteiger partial charge in [0.15, 0.2) is 11.5 Å². The Hall–Kier alpha value is -2.28. The van der Waals surface area contributed by atoms with Crippen LogP contribution >= 0.6 is 0 Å². The van der Waals surface area contributed by atoms with Crippen LogP contribution in [0.2, 0.25) is 0 Å². The molecule has 3 rings (SSSR count). The average Bonchev–Trinajstić information content (AvgIpc) is 2.80. The molecule has 0 bridgehead atoms. The van der Waals surface area contributed by atoms with E-state index in [1.54, 1.807) is 21.3 Å². The highest BCUT2D eigenvalue weighted by molar-refractivity contribution is 5.53. The monoisotopic (exact) mass is 430 g/mol. The SMILES string of the molecule is COc1cc(COC[C@H](O)C[NH+]2CCC(Cc3ccccc3)CC2)cc(OC)c1OC. The molecule has 6 heteroatoms. The normalized spacial score (nSPS) is 19.6. The van der Waals surface area contributed by atoms with Crippen molar-refractivity contribution in [3.8, 4) is 17.2 Å². The van der Waals surface area contributed by atoms with E-state index in [4.69, 9.17) is 18.9 Å². The Balaban J connectivity index is 1.39. The molecule has 2 aromatic carbocycles. The molecular formula is C25H36NO5+. The van der Waals surface area contributed by atoms with Crippen molar-refractivity contribution in [2.75, 3.05) is 47.6 Å². The van der Waals surface area contributed by atoms with Gasteiger partial charge in [0.2, 0.25) is 5.75 Å². The van der Waals surface area contributed by atoms with Gasteiger partial charge in [-0.15, -0.1) is 0 Å². The van der Waals surface area contributed by atoms with E-state index >= 15 is 0 Å². The minimum atomic E-state index is -0.470. The number of methoxy groups -OCH3 is 3. The van der Waals surface area contributed by atoms with Crippen LogP contribution in [0, 0.1) is 5.92 Å². The first-order valence-corrected chi connectivity index (χ1v) is 11.0. The molecule has 2 N–H and O–H groups in total. The zero-order chi connectivity index (χ0) is 22.1. The summed E-state index contributed by atoms with van der Waals surface area (Å²) in [5.74, 6) is 2.51. The number of ether oxygens (including phenoxy) is 4. The molecule has 0 aromatic heterocycles. The summed E-state index contributed by atoms with van der Waals surface area (Å²) < 4.78 is 21.9. The van der Waals surface area contributed by atoms with E-state index in [9.17, 15) is 5.11 Å². The summed E-state index contributed by atoms with van der Waals surface area (Å²) in [5, 5.41) is 10.4. The first kappa shape index (κ1) is 23.4. The number of piperidine rings is 1. The molecular weight excluding hydrogens is 394 g/mol. The number of benzene rings is 2. The van der Waals surface area contributed by atoms with Gasteiger partial charge in [-0.2, -0.15) is 0 Å². The van der Waals surface area contributed by atoms with Crippen molar-refractivity contribution in [2.24, 2.45) is 5.92 Å². The number of likely N-dealkylation sites (tertiary alicyclic amines) is 1. The predicted molar refractivity (Wildman–Crippen MR) is 120 cm³/mol. The van der Waals surface area contributed by atoms with Gasteiger partial charge >= 0.3 is 0 Å². The van der Waals surface area contributed by atoms with Gasteiger partial charge in [0, 0.05) is 0 Å². The van der Waals surface area contributed by atoms with Gasteiger partial charge in [0.25, 0.3) is 0 Å². The van der Waals surface area contributed by atoms with Crippen LogP contribution in [0.3, 0.4) is 0 Å². The fraction of sp³-hybridized carbons (Fsp3) is 0.520. The van der Waals surface area contributed by atoms with Crippen molar-refractivity contribution in [3.63, 3.8) is 0 Å². The van der Waals surface area contributed by atoms with E-state index in [-0.39, 0.29) is 0 Å². The van der Waals surface area contributed by atoms with E-state index in [1.165, 1.54) is 23.3 Å². The van der Waals surface area contributed by atoms with Crippen molar-refractivity contribution in [1.82, 2.24) is 0 Å². The Morgan fingerprint density at radius 1 is 0.935 bits per heavy atom. The highest BCUT2D eigenvalue weighted by Crippen LogP contribution is 2.38. The van der Waals surface area contributed by atoms with E-state index in [0.717, 1.165) is 37.5 Å². The lowest BCUT2D eigenvalue weighted by atomic mass is 9.90. The second kappa shape index (κ2) is 11.9. The molecule has 1 aliphatic heterocycles. The summed E-state index contributed by atoms with van der Waals surface area (Å²) in [5.41, 5.74) is 2.34. The fourth-order valence-electron chi connectivity index (χ4n) is 4.37. The van der Waals surface area contributed by atoms with Gasteiger partial charge in [-0.3, -0.25) is 0 Å². The lowest BCUT2D eigenvalue weighted by molar-refractivity contribution is -0.909. The average molecular weight is 431 g/mol. The molecule has 1 heterocycles. The van der Waals surface area contributed by atoms with Crippen LogP contribution in [-0.2, 0) is 17.8 Å². The van der Waals surface area contributed by atoms with Crippen LogP contribution in [-0.4, -0.2) is 58.8 Å². The standard InChI is InChI=1S/C25H35NO5/c1-28-23-14-21(15-24(29-2)25(23)30-3)17-31-18-22(27)16-26-11-9-20(10-12-26)13-19-7-5-4-6-8-19/h4-8,14-15,20,22,27H,9-13,16-18H2,1-3H3/p+1/t22-/m1/s1. The molecule has 1 fully saturated rings. The third kappa shape index (κ3) is 6.86. The molecule has 0 saturated carbocycles. The highest BCUT2D eigenvalue weighted by atomic mass is 16.5. The zero-order valence-corrected chi connectivity index (χ0v) is 18.9. The maximum atomic E-state index is 10.4. The number of aliphatic hydroxyl groups is 1. The van der Waals surface area contributed by atoms with Crippen molar-refractivity contribution < 1.29 is 29.0 Å². The van der Waals surface area contributed by atoms with Crippen LogP contribution < -0.4 is 19.1 Å². The second-order valence-electron chi connectivity index (χ2n) is 8.29. The van der Waals surface area contributed by atoms with Crippen LogP contribution in [0.25, 0.3) is 0 Å². The van der Waals surface area contributed by atoms with E-state index < -0.39 is 6.10 Å². The minimum absolute atomic E-state index is 0.313. The number of aliphatic hydroxyl groups excluding tert-OH is 1. The molecule has 1 aliphatic rings. The molecule has 0 unspecified atom stereocenters. The maximum absolute atomic E-state index is 10.4. The van der Waals surface area contributed by atoms with Crippen molar-refractivity contribution >= 4 is 0 Å². The Morgan fingerprint density at radius 2 is 1.58 bits per heavy atom. The van der Waals surface area contributed by atoms with Gasteiger partial charge in [0.05, 0.1) is 47.6 Å². The predicted octanol–water partition coefficient (Wildman–Crippen LogP) is 2.13. The Labute approximate surface area is 185 Å². The smallest absolute Gasteiger partial charge is 0.203 e. The maximum Gasteiger partial charge on any atom is 0.203 e. The third-order valence-corrected chi connectivity index (χ3v) is 6.01. The molecule has 1 saturated heterocycles. The Bertz CT molecular complexity index is 765. The topological polar surface area (TPSA) is 61.6 Å². The number of quaternary nitrogens is 1. The molecule has 31 heavy (non-hydrogen) atoms. The molecule has 0 spiro atoms.